The van der Waals surface area contributed by atoms with E-state index in [2.05, 4.69) is 62.8 Å². The predicted octanol–water partition coefficient (Wildman–Crippen LogP) is 4.00. The SMILES string of the molecule is CC(C)c1ccc(-n2ccnc2SCc2nc(Cc3cncn3C)no2)cc1. The summed E-state index contributed by atoms with van der Waals surface area (Å²) in [4.78, 5) is 13.1. The molecule has 0 unspecified atom stereocenters. The van der Waals surface area contributed by atoms with Crippen molar-refractivity contribution in [3.63, 3.8) is 0 Å². The smallest absolute Gasteiger partial charge is 0.237 e. The van der Waals surface area contributed by atoms with Crippen LogP contribution in [-0.2, 0) is 19.2 Å². The molecule has 0 aliphatic heterocycles. The largest absolute Gasteiger partial charge is 0.338 e. The van der Waals surface area contributed by atoms with E-state index in [0.717, 1.165) is 16.5 Å². The fraction of sp³-hybridized carbons (Fsp3) is 0.300. The molecule has 0 bridgehead atoms. The molecule has 4 rings (SSSR count). The maximum atomic E-state index is 5.39. The molecule has 3 aromatic heterocycles. The first kappa shape index (κ1) is 18.5. The van der Waals surface area contributed by atoms with E-state index in [4.69, 9.17) is 4.52 Å². The van der Waals surface area contributed by atoms with Crippen LogP contribution in [0.4, 0.5) is 0 Å². The minimum atomic E-state index is 0.517. The maximum absolute atomic E-state index is 5.39. The van der Waals surface area contributed by atoms with Gasteiger partial charge in [-0.2, -0.15) is 4.98 Å². The number of aromatic nitrogens is 6. The number of thioether (sulfide) groups is 1. The number of aryl methyl sites for hydroxylation is 1. The van der Waals surface area contributed by atoms with Crippen molar-refractivity contribution in [1.29, 1.82) is 0 Å². The maximum Gasteiger partial charge on any atom is 0.237 e. The molecule has 0 fully saturated rings. The van der Waals surface area contributed by atoms with E-state index in [1.807, 2.05) is 24.0 Å². The molecule has 1 aromatic carbocycles. The van der Waals surface area contributed by atoms with Gasteiger partial charge in [-0.15, -0.1) is 0 Å². The third-order valence-corrected chi connectivity index (χ3v) is 5.49. The highest BCUT2D eigenvalue weighted by Gasteiger charge is 2.12. The third-order valence-electron chi connectivity index (χ3n) is 4.54. The van der Waals surface area contributed by atoms with Gasteiger partial charge in [0.2, 0.25) is 5.89 Å². The molecule has 0 saturated carbocycles. The average molecular weight is 395 g/mol. The highest BCUT2D eigenvalue weighted by atomic mass is 32.2. The van der Waals surface area contributed by atoms with E-state index < -0.39 is 0 Å². The predicted molar refractivity (Wildman–Crippen MR) is 108 cm³/mol. The van der Waals surface area contributed by atoms with Gasteiger partial charge in [-0.3, -0.25) is 4.57 Å². The van der Waals surface area contributed by atoms with Gasteiger partial charge in [0.05, 0.1) is 18.5 Å². The fourth-order valence-electron chi connectivity index (χ4n) is 2.88. The van der Waals surface area contributed by atoms with Crippen LogP contribution in [0.25, 0.3) is 5.69 Å². The normalized spacial score (nSPS) is 11.4. The van der Waals surface area contributed by atoms with E-state index >= 15 is 0 Å². The van der Waals surface area contributed by atoms with Crippen LogP contribution in [0.2, 0.25) is 0 Å². The van der Waals surface area contributed by atoms with Crippen LogP contribution in [0.15, 0.2) is 58.9 Å². The molecule has 0 amide bonds. The van der Waals surface area contributed by atoms with Crippen LogP contribution in [0, 0.1) is 0 Å². The Bertz CT molecular complexity index is 1050. The first-order chi connectivity index (χ1) is 13.6. The molecule has 7 nitrogen and oxygen atoms in total. The molecule has 8 heteroatoms. The first-order valence-electron chi connectivity index (χ1n) is 9.13. The van der Waals surface area contributed by atoms with E-state index in [0.29, 0.717) is 29.8 Å². The van der Waals surface area contributed by atoms with Gasteiger partial charge in [0.25, 0.3) is 0 Å². The number of nitrogens with zero attached hydrogens (tertiary/aromatic N) is 6. The van der Waals surface area contributed by atoms with Crippen molar-refractivity contribution in [2.75, 3.05) is 0 Å². The molecule has 3 heterocycles. The number of hydrogen-bond donors (Lipinski definition) is 0. The van der Waals surface area contributed by atoms with Gasteiger partial charge in [0.15, 0.2) is 11.0 Å². The molecule has 0 aliphatic carbocycles. The molecule has 0 atom stereocenters. The van der Waals surface area contributed by atoms with Crippen LogP contribution in [0.3, 0.4) is 0 Å². The van der Waals surface area contributed by atoms with E-state index in [9.17, 15) is 0 Å². The molecule has 28 heavy (non-hydrogen) atoms. The molecule has 0 saturated heterocycles. The van der Waals surface area contributed by atoms with Crippen molar-refractivity contribution in [2.45, 2.75) is 37.1 Å². The first-order valence-corrected chi connectivity index (χ1v) is 10.1. The van der Waals surface area contributed by atoms with Crippen molar-refractivity contribution in [2.24, 2.45) is 7.05 Å². The van der Waals surface area contributed by atoms with E-state index in [1.54, 1.807) is 24.3 Å². The van der Waals surface area contributed by atoms with Crippen LogP contribution in [-0.4, -0.2) is 29.2 Å². The van der Waals surface area contributed by atoms with Gasteiger partial charge in [-0.25, -0.2) is 9.97 Å². The Morgan fingerprint density at radius 2 is 2.00 bits per heavy atom. The summed E-state index contributed by atoms with van der Waals surface area (Å²) in [5.41, 5.74) is 3.46. The topological polar surface area (TPSA) is 74.6 Å². The van der Waals surface area contributed by atoms with Gasteiger partial charge in [0, 0.05) is 37.0 Å². The highest BCUT2D eigenvalue weighted by Crippen LogP contribution is 2.25. The zero-order valence-corrected chi connectivity index (χ0v) is 16.9. The lowest BCUT2D eigenvalue weighted by atomic mass is 10.0. The zero-order chi connectivity index (χ0) is 19.5. The third kappa shape index (κ3) is 4.01. The minimum Gasteiger partial charge on any atom is -0.338 e. The van der Waals surface area contributed by atoms with Gasteiger partial charge >= 0.3 is 0 Å². The monoisotopic (exact) mass is 394 g/mol. The van der Waals surface area contributed by atoms with Crippen molar-refractivity contribution < 1.29 is 4.52 Å². The Morgan fingerprint density at radius 3 is 2.71 bits per heavy atom. The molecule has 4 aromatic rings. The fourth-order valence-corrected chi connectivity index (χ4v) is 3.69. The lowest BCUT2D eigenvalue weighted by Crippen LogP contribution is -1.98. The van der Waals surface area contributed by atoms with Gasteiger partial charge < -0.3 is 9.09 Å². The summed E-state index contributed by atoms with van der Waals surface area (Å²) < 4.78 is 9.41. The number of benzene rings is 1. The Labute approximate surface area is 167 Å². The molecular formula is C20H22N6OS. The van der Waals surface area contributed by atoms with Crippen molar-refractivity contribution in [1.82, 2.24) is 29.2 Å². The van der Waals surface area contributed by atoms with Crippen LogP contribution >= 0.6 is 11.8 Å². The van der Waals surface area contributed by atoms with Crippen molar-refractivity contribution in [3.8, 4) is 5.69 Å². The second-order valence-corrected chi connectivity index (χ2v) is 7.83. The van der Waals surface area contributed by atoms with E-state index in [1.165, 1.54) is 5.56 Å². The zero-order valence-electron chi connectivity index (χ0n) is 16.1. The summed E-state index contributed by atoms with van der Waals surface area (Å²) in [6, 6.07) is 8.58. The second kappa shape index (κ2) is 8.02. The van der Waals surface area contributed by atoms with Gasteiger partial charge in [-0.1, -0.05) is 42.9 Å². The molecule has 0 spiro atoms. The number of hydrogen-bond acceptors (Lipinski definition) is 6. The summed E-state index contributed by atoms with van der Waals surface area (Å²) in [6.45, 7) is 4.39. The van der Waals surface area contributed by atoms with Crippen LogP contribution < -0.4 is 0 Å². The molecule has 144 valence electrons. The summed E-state index contributed by atoms with van der Waals surface area (Å²) >= 11 is 1.57. The van der Waals surface area contributed by atoms with Crippen LogP contribution in [0.5, 0.6) is 0 Å². The summed E-state index contributed by atoms with van der Waals surface area (Å²) in [7, 11) is 1.95. The Balaban J connectivity index is 1.42. The van der Waals surface area contributed by atoms with Gasteiger partial charge in [0.1, 0.15) is 0 Å². The number of imidazole rings is 2. The Hall–Kier alpha value is -2.87. The lowest BCUT2D eigenvalue weighted by Gasteiger charge is -2.09. The summed E-state index contributed by atoms with van der Waals surface area (Å²) in [5, 5.41) is 4.96. The average Bonchev–Trinajstić information content (AvgIpc) is 3.43. The number of rotatable bonds is 7. The lowest BCUT2D eigenvalue weighted by molar-refractivity contribution is 0.385. The summed E-state index contributed by atoms with van der Waals surface area (Å²) in [6.07, 6.45) is 7.95. The molecule has 0 aliphatic rings. The highest BCUT2D eigenvalue weighted by molar-refractivity contribution is 7.98. The van der Waals surface area contributed by atoms with Gasteiger partial charge in [-0.05, 0) is 23.6 Å². The molecule has 0 N–H and O–H groups in total. The van der Waals surface area contributed by atoms with Crippen LogP contribution in [0.1, 0.15) is 42.7 Å². The second-order valence-electron chi connectivity index (χ2n) is 6.89. The quantitative estimate of drug-likeness (QED) is 0.441. The Morgan fingerprint density at radius 1 is 1.18 bits per heavy atom. The molecular weight excluding hydrogens is 372 g/mol. The van der Waals surface area contributed by atoms with Crippen molar-refractivity contribution in [3.05, 3.63) is 72.2 Å². The standard InChI is InChI=1S/C20H22N6OS/c1-14(2)15-4-6-16(7-5-15)26-9-8-22-20(26)28-12-19-23-18(24-27-19)10-17-11-21-13-25(17)3/h4-9,11,13-14H,10,12H2,1-3H3. The summed E-state index contributed by atoms with van der Waals surface area (Å²) in [5.74, 6) is 2.34. The minimum absolute atomic E-state index is 0.517. The Kier molecular flexibility index (Phi) is 5.29. The molecule has 0 radical (unpaired) electrons. The van der Waals surface area contributed by atoms with Crippen molar-refractivity contribution >= 4 is 11.8 Å². The van der Waals surface area contributed by atoms with E-state index in [-0.39, 0.29) is 0 Å².